The Morgan fingerprint density at radius 3 is 2.30 bits per heavy atom. The molecule has 0 spiro atoms. The predicted octanol–water partition coefficient (Wildman–Crippen LogP) is 4.15. The van der Waals surface area contributed by atoms with Gasteiger partial charge in [0.15, 0.2) is 0 Å². The van der Waals surface area contributed by atoms with Crippen molar-refractivity contribution in [2.45, 2.75) is 107 Å². The number of rotatable bonds is 13. The zero-order valence-corrected chi connectivity index (χ0v) is 31.3. The van der Waals surface area contributed by atoms with E-state index in [-0.39, 0.29) is 24.9 Å². The summed E-state index contributed by atoms with van der Waals surface area (Å²) in [4.78, 5) is 66.3. The molecule has 1 aromatic carbocycles. The van der Waals surface area contributed by atoms with Crippen LogP contribution in [-0.4, -0.2) is 95.2 Å². The van der Waals surface area contributed by atoms with Crippen molar-refractivity contribution in [1.29, 1.82) is 0 Å². The van der Waals surface area contributed by atoms with Crippen molar-refractivity contribution in [1.82, 2.24) is 30.2 Å². The average molecular weight is 789 g/mol. The summed E-state index contributed by atoms with van der Waals surface area (Å²) in [5, 5.41) is 6.14. The van der Waals surface area contributed by atoms with Gasteiger partial charge in [-0.05, 0) is 74.4 Å². The maximum atomic E-state index is 14.4. The molecule has 3 aromatic rings. The minimum Gasteiger partial charge on any atom is -0.471 e. The van der Waals surface area contributed by atoms with Crippen molar-refractivity contribution in [3.05, 3.63) is 41.8 Å². The Morgan fingerprint density at radius 2 is 1.69 bits per heavy atom. The molecule has 7 rings (SSSR count). The molecule has 3 N–H and O–H groups in total. The molecule has 4 aliphatic rings. The van der Waals surface area contributed by atoms with Gasteiger partial charge in [0.25, 0.3) is 5.91 Å². The molecule has 4 fully saturated rings. The Labute approximate surface area is 314 Å². The standard InChI is InChI=1S/C36H42F2N6O8S2/c1-19(2)28(41-35(48)52-20-8-3-4-9-20)33(46)44-18-21(51-32-29(27-12-7-15-53-27)39-24-10-5-6-11-25(24)40-32)16-26(44)31(45)42-36(17-23(36)30(37)38)34(47)43-54(49,50)22-13-14-22/h5-7,10-12,15,19-23,26,28,30H,3-4,8-9,13-14,16-18H2,1-2H3,(H,41,48)(H,42,45)(H,43,47)/t21-,23+,26?,28+,36-/m1/s1. The van der Waals surface area contributed by atoms with Gasteiger partial charge in [-0.3, -0.25) is 19.1 Å². The van der Waals surface area contributed by atoms with Crippen molar-refractivity contribution in [3.63, 3.8) is 0 Å². The lowest BCUT2D eigenvalue weighted by atomic mass is 10.0. The van der Waals surface area contributed by atoms with Gasteiger partial charge in [0.05, 0.1) is 33.6 Å². The van der Waals surface area contributed by atoms with Gasteiger partial charge in [-0.25, -0.2) is 32.0 Å². The van der Waals surface area contributed by atoms with Gasteiger partial charge in [-0.15, -0.1) is 11.3 Å². The Morgan fingerprint density at radius 1 is 0.981 bits per heavy atom. The van der Waals surface area contributed by atoms with Crippen LogP contribution in [-0.2, 0) is 29.1 Å². The molecule has 0 radical (unpaired) electrons. The quantitative estimate of drug-likeness (QED) is 0.227. The number of sulfonamides is 1. The fourth-order valence-electron chi connectivity index (χ4n) is 7.22. The van der Waals surface area contributed by atoms with E-state index < -0.39 is 87.5 Å². The van der Waals surface area contributed by atoms with Crippen molar-refractivity contribution in [3.8, 4) is 16.5 Å². The van der Waals surface area contributed by atoms with Crippen molar-refractivity contribution in [2.75, 3.05) is 6.54 Å². The third-order valence-electron chi connectivity index (χ3n) is 10.5. The second-order valence-corrected chi connectivity index (χ2v) is 17.7. The molecular formula is C36H42F2N6O8S2. The van der Waals surface area contributed by atoms with Crippen molar-refractivity contribution in [2.24, 2.45) is 11.8 Å². The third-order valence-corrected chi connectivity index (χ3v) is 13.2. The first-order chi connectivity index (χ1) is 25.8. The number of ether oxygens (including phenoxy) is 2. The lowest BCUT2D eigenvalue weighted by Crippen LogP contribution is -2.59. The fraction of sp³-hybridized carbons (Fsp3) is 0.556. The lowest BCUT2D eigenvalue weighted by molar-refractivity contribution is -0.142. The van der Waals surface area contributed by atoms with Gasteiger partial charge in [0, 0.05) is 6.42 Å². The zero-order chi connectivity index (χ0) is 38.4. The molecule has 1 unspecified atom stereocenters. The maximum absolute atomic E-state index is 14.4. The van der Waals surface area contributed by atoms with E-state index in [2.05, 4.69) is 10.6 Å². The first kappa shape index (κ1) is 37.8. The smallest absolute Gasteiger partial charge is 0.408 e. The minimum absolute atomic E-state index is 0.148. The second-order valence-electron chi connectivity index (χ2n) is 14.8. The van der Waals surface area contributed by atoms with Crippen LogP contribution in [0.15, 0.2) is 41.8 Å². The van der Waals surface area contributed by atoms with E-state index in [1.165, 1.54) is 16.2 Å². The number of aromatic nitrogens is 2. The van der Waals surface area contributed by atoms with Crippen molar-refractivity contribution < 1.29 is 45.9 Å². The van der Waals surface area contributed by atoms with Crippen LogP contribution >= 0.6 is 11.3 Å². The van der Waals surface area contributed by atoms with Gasteiger partial charge in [0.2, 0.25) is 34.1 Å². The highest BCUT2D eigenvalue weighted by Crippen LogP contribution is 2.48. The molecule has 2 aromatic heterocycles. The number of alkyl carbamates (subject to hydrolysis) is 1. The second kappa shape index (κ2) is 15.0. The molecule has 290 valence electrons. The van der Waals surface area contributed by atoms with Gasteiger partial charge in [0.1, 0.15) is 35.5 Å². The SMILES string of the molecule is CC(C)[C@H](NC(=O)OC1CCCC1)C(=O)N1C[C@H](Oc2nc3ccccc3nc2-c2cccs2)CC1C(=O)N[C@]1(C(=O)NS(=O)(=O)C2CC2)C[C@H]1C(F)F. The molecule has 14 nitrogen and oxygen atoms in total. The van der Waals surface area contributed by atoms with Crippen LogP contribution in [0.4, 0.5) is 13.6 Å². The molecule has 1 aliphatic heterocycles. The van der Waals surface area contributed by atoms with E-state index in [0.717, 1.165) is 17.7 Å². The first-order valence-electron chi connectivity index (χ1n) is 18.2. The van der Waals surface area contributed by atoms with E-state index in [0.29, 0.717) is 42.4 Å². The highest BCUT2D eigenvalue weighted by Gasteiger charge is 2.66. The summed E-state index contributed by atoms with van der Waals surface area (Å²) in [6.45, 7) is 3.25. The van der Waals surface area contributed by atoms with Gasteiger partial charge < -0.3 is 25.0 Å². The van der Waals surface area contributed by atoms with Crippen molar-refractivity contribution >= 4 is 56.2 Å². The maximum Gasteiger partial charge on any atom is 0.408 e. The number of hydrogen-bond acceptors (Lipinski definition) is 11. The minimum atomic E-state index is -4.13. The molecule has 1 saturated heterocycles. The number of nitrogens with one attached hydrogen (secondary N) is 3. The third kappa shape index (κ3) is 7.85. The number of likely N-dealkylation sites (tertiary alicyclic amines) is 1. The molecule has 18 heteroatoms. The predicted molar refractivity (Wildman–Crippen MR) is 193 cm³/mol. The van der Waals surface area contributed by atoms with Gasteiger partial charge >= 0.3 is 6.09 Å². The number of benzene rings is 1. The summed E-state index contributed by atoms with van der Waals surface area (Å²) in [7, 11) is -4.13. The highest BCUT2D eigenvalue weighted by molar-refractivity contribution is 7.91. The Balaban J connectivity index is 1.18. The fourth-order valence-corrected chi connectivity index (χ4v) is 9.29. The molecule has 3 heterocycles. The summed E-state index contributed by atoms with van der Waals surface area (Å²) in [6.07, 6.45) is -1.69. The number of carbonyl (C=O) groups excluding carboxylic acids is 4. The summed E-state index contributed by atoms with van der Waals surface area (Å²) >= 11 is 1.41. The number of alkyl halides is 2. The van der Waals surface area contributed by atoms with Crippen LogP contribution in [0.2, 0.25) is 0 Å². The Hall–Kier alpha value is -4.45. The monoisotopic (exact) mass is 788 g/mol. The Bertz CT molecular complexity index is 2030. The largest absolute Gasteiger partial charge is 0.471 e. The van der Waals surface area contributed by atoms with Crippen LogP contribution < -0.4 is 20.1 Å². The number of para-hydroxylation sites is 2. The van der Waals surface area contributed by atoms with E-state index in [9.17, 15) is 36.4 Å². The van der Waals surface area contributed by atoms with E-state index in [4.69, 9.17) is 19.4 Å². The lowest BCUT2D eigenvalue weighted by Gasteiger charge is -2.31. The number of hydrogen-bond donors (Lipinski definition) is 3. The first-order valence-corrected chi connectivity index (χ1v) is 20.6. The molecule has 5 atom stereocenters. The number of fused-ring (bicyclic) bond motifs is 1. The molecule has 4 amide bonds. The van der Waals surface area contributed by atoms with Crippen LogP contribution in [0.25, 0.3) is 21.6 Å². The van der Waals surface area contributed by atoms with Crippen LogP contribution in [0.1, 0.15) is 65.2 Å². The molecular weight excluding hydrogens is 747 g/mol. The summed E-state index contributed by atoms with van der Waals surface area (Å²) < 4.78 is 67.4. The Kier molecular flexibility index (Phi) is 10.5. The molecule has 0 bridgehead atoms. The average Bonchev–Trinajstić information content (AvgIpc) is 3.90. The van der Waals surface area contributed by atoms with E-state index in [1.807, 2.05) is 34.4 Å². The van der Waals surface area contributed by atoms with E-state index in [1.54, 1.807) is 26.0 Å². The zero-order valence-electron chi connectivity index (χ0n) is 29.7. The number of carbonyl (C=O) groups is 4. The normalized spacial score (nSPS) is 24.8. The summed E-state index contributed by atoms with van der Waals surface area (Å²) in [6, 6.07) is 8.39. The number of nitrogens with zero attached hydrogens (tertiary/aromatic N) is 3. The van der Waals surface area contributed by atoms with Crippen LogP contribution in [0, 0.1) is 11.8 Å². The molecule has 54 heavy (non-hydrogen) atoms. The molecule has 3 saturated carbocycles. The number of thiophene rings is 1. The van der Waals surface area contributed by atoms with Gasteiger partial charge in [-0.2, -0.15) is 0 Å². The van der Waals surface area contributed by atoms with Gasteiger partial charge in [-0.1, -0.05) is 32.0 Å². The highest BCUT2D eigenvalue weighted by atomic mass is 32.2. The topological polar surface area (TPSA) is 186 Å². The summed E-state index contributed by atoms with van der Waals surface area (Å²) in [5.74, 6) is -4.82. The van der Waals surface area contributed by atoms with Crippen LogP contribution in [0.5, 0.6) is 5.88 Å². The summed E-state index contributed by atoms with van der Waals surface area (Å²) in [5.41, 5.74) is -0.609. The molecule has 3 aliphatic carbocycles. The van der Waals surface area contributed by atoms with Crippen LogP contribution in [0.3, 0.4) is 0 Å². The number of amides is 4. The number of halogens is 2. The van der Waals surface area contributed by atoms with E-state index >= 15 is 0 Å².